The van der Waals surface area contributed by atoms with Crippen LogP contribution >= 0.6 is 34.8 Å². The van der Waals surface area contributed by atoms with Crippen LogP contribution in [0.3, 0.4) is 0 Å². The van der Waals surface area contributed by atoms with E-state index in [-0.39, 0.29) is 18.2 Å². The van der Waals surface area contributed by atoms with Crippen molar-refractivity contribution in [3.05, 3.63) is 92.1 Å². The summed E-state index contributed by atoms with van der Waals surface area (Å²) in [6, 6.07) is 15.5. The number of halogens is 3. The van der Waals surface area contributed by atoms with Crippen LogP contribution in [0.2, 0.25) is 15.1 Å². The van der Waals surface area contributed by atoms with Gasteiger partial charge in [0.15, 0.2) is 17.2 Å². The van der Waals surface area contributed by atoms with Crippen molar-refractivity contribution in [2.24, 2.45) is 4.99 Å². The summed E-state index contributed by atoms with van der Waals surface area (Å²) in [4.78, 5) is 16.8. The number of carbonyl (C=O) groups excluding carboxylic acids is 1. The Hall–Kier alpha value is -3.19. The average Bonchev–Trinajstić information content (AvgIpc) is 3.19. The fourth-order valence-corrected chi connectivity index (χ4v) is 3.96. The van der Waals surface area contributed by atoms with Crippen LogP contribution < -0.4 is 14.2 Å². The highest BCUT2D eigenvalue weighted by Gasteiger charge is 2.26. The number of rotatable bonds is 8. The summed E-state index contributed by atoms with van der Waals surface area (Å²) in [5.74, 6) is 1.06. The molecule has 9 heteroatoms. The molecule has 0 aromatic heterocycles. The first-order chi connectivity index (χ1) is 16.9. The van der Waals surface area contributed by atoms with Crippen LogP contribution in [-0.2, 0) is 16.1 Å². The van der Waals surface area contributed by atoms with Gasteiger partial charge in [-0.15, -0.1) is 0 Å². The van der Waals surface area contributed by atoms with Gasteiger partial charge in [-0.3, -0.25) is 0 Å². The monoisotopic (exact) mass is 531 g/mol. The summed E-state index contributed by atoms with van der Waals surface area (Å²) < 4.78 is 22.4. The van der Waals surface area contributed by atoms with Crippen molar-refractivity contribution in [3.8, 4) is 17.2 Å². The molecule has 0 bridgehead atoms. The molecule has 0 radical (unpaired) electrons. The van der Waals surface area contributed by atoms with Crippen molar-refractivity contribution >= 4 is 52.7 Å². The Bertz CT molecular complexity index is 1340. The van der Waals surface area contributed by atoms with Crippen molar-refractivity contribution in [3.63, 3.8) is 0 Å². The predicted octanol–water partition coefficient (Wildman–Crippen LogP) is 6.98. The first kappa shape index (κ1) is 24.9. The van der Waals surface area contributed by atoms with Gasteiger partial charge in [-0.05, 0) is 61.0 Å². The van der Waals surface area contributed by atoms with Gasteiger partial charge in [-0.1, -0.05) is 46.9 Å². The number of benzene rings is 3. The summed E-state index contributed by atoms with van der Waals surface area (Å²) in [6.45, 7) is 2.53. The van der Waals surface area contributed by atoms with Gasteiger partial charge in [0.05, 0.1) is 19.3 Å². The highest BCUT2D eigenvalue weighted by molar-refractivity contribution is 6.35. The maximum absolute atomic E-state index is 12.5. The molecule has 0 spiro atoms. The van der Waals surface area contributed by atoms with Crippen LogP contribution in [0, 0.1) is 0 Å². The number of ether oxygens (including phenoxy) is 4. The lowest BCUT2D eigenvalue weighted by Crippen LogP contribution is -2.07. The minimum atomic E-state index is -0.585. The minimum Gasteiger partial charge on any atom is -0.496 e. The van der Waals surface area contributed by atoms with Crippen LogP contribution in [0.15, 0.2) is 65.3 Å². The van der Waals surface area contributed by atoms with Crippen molar-refractivity contribution in [2.45, 2.75) is 13.5 Å². The average molecular weight is 533 g/mol. The van der Waals surface area contributed by atoms with E-state index >= 15 is 0 Å². The van der Waals surface area contributed by atoms with Gasteiger partial charge in [0.2, 0.25) is 5.90 Å². The van der Waals surface area contributed by atoms with E-state index in [1.807, 2.05) is 6.92 Å². The molecule has 1 heterocycles. The maximum Gasteiger partial charge on any atom is 0.363 e. The second-order valence-corrected chi connectivity index (χ2v) is 8.62. The van der Waals surface area contributed by atoms with Crippen molar-refractivity contribution in [2.75, 3.05) is 13.7 Å². The van der Waals surface area contributed by atoms with Crippen LogP contribution in [0.1, 0.15) is 23.6 Å². The van der Waals surface area contributed by atoms with Crippen LogP contribution in [-0.4, -0.2) is 25.6 Å². The molecule has 180 valence electrons. The van der Waals surface area contributed by atoms with E-state index in [0.29, 0.717) is 50.1 Å². The molecule has 0 atom stereocenters. The molecular formula is C26H20Cl3NO5. The van der Waals surface area contributed by atoms with E-state index in [1.54, 1.807) is 60.7 Å². The van der Waals surface area contributed by atoms with Gasteiger partial charge in [0, 0.05) is 20.6 Å². The third-order valence-corrected chi connectivity index (χ3v) is 5.80. The summed E-state index contributed by atoms with van der Waals surface area (Å²) in [7, 11) is 1.51. The Morgan fingerprint density at radius 1 is 0.914 bits per heavy atom. The second kappa shape index (κ2) is 11.0. The lowest BCUT2D eigenvalue weighted by atomic mass is 10.1. The fraction of sp³-hybridized carbons (Fsp3) is 0.154. The highest BCUT2D eigenvalue weighted by atomic mass is 35.5. The van der Waals surface area contributed by atoms with Gasteiger partial charge in [0.25, 0.3) is 0 Å². The standard InChI is InChI=1S/C26H20Cl3NO5/c1-3-33-24-11-15(4-8-23(24)34-14-16-5-6-18(28)13-20(16)29)10-21-26(31)35-25(30-21)19-12-17(27)7-9-22(19)32-2/h4-13H,3,14H2,1-2H3/b21-10-. The van der Waals surface area contributed by atoms with Crippen molar-refractivity contribution in [1.82, 2.24) is 0 Å². The highest BCUT2D eigenvalue weighted by Crippen LogP contribution is 2.32. The Morgan fingerprint density at radius 2 is 1.66 bits per heavy atom. The zero-order chi connectivity index (χ0) is 24.9. The number of aliphatic imine (C=N–C) groups is 1. The van der Waals surface area contributed by atoms with Crippen LogP contribution in [0.4, 0.5) is 0 Å². The number of hydrogen-bond acceptors (Lipinski definition) is 6. The lowest BCUT2D eigenvalue weighted by Gasteiger charge is -2.13. The Balaban J connectivity index is 1.59. The van der Waals surface area contributed by atoms with Gasteiger partial charge in [0.1, 0.15) is 12.4 Å². The fourth-order valence-electron chi connectivity index (χ4n) is 3.33. The molecule has 0 aliphatic carbocycles. The Morgan fingerprint density at radius 3 is 2.40 bits per heavy atom. The largest absolute Gasteiger partial charge is 0.496 e. The van der Waals surface area contributed by atoms with E-state index in [2.05, 4.69) is 4.99 Å². The number of hydrogen-bond donors (Lipinski definition) is 0. The van der Waals surface area contributed by atoms with Gasteiger partial charge in [-0.2, -0.15) is 0 Å². The van der Waals surface area contributed by atoms with Gasteiger partial charge in [-0.25, -0.2) is 9.79 Å². The molecule has 35 heavy (non-hydrogen) atoms. The Labute approximate surface area is 217 Å². The zero-order valence-electron chi connectivity index (χ0n) is 18.8. The SMILES string of the molecule is CCOc1cc(/C=C2\N=C(c3cc(Cl)ccc3OC)OC2=O)ccc1OCc1ccc(Cl)cc1Cl. The molecule has 0 N–H and O–H groups in total. The summed E-state index contributed by atoms with van der Waals surface area (Å²) in [6.07, 6.45) is 1.61. The summed E-state index contributed by atoms with van der Waals surface area (Å²) in [5.41, 5.74) is 2.08. The predicted molar refractivity (Wildman–Crippen MR) is 137 cm³/mol. The third kappa shape index (κ3) is 5.90. The van der Waals surface area contributed by atoms with Gasteiger partial charge >= 0.3 is 5.97 Å². The van der Waals surface area contributed by atoms with Crippen LogP contribution in [0.5, 0.6) is 17.2 Å². The van der Waals surface area contributed by atoms with E-state index in [9.17, 15) is 4.79 Å². The smallest absolute Gasteiger partial charge is 0.363 e. The zero-order valence-corrected chi connectivity index (χ0v) is 21.1. The number of nitrogens with zero attached hydrogens (tertiary/aromatic N) is 1. The first-order valence-corrected chi connectivity index (χ1v) is 11.7. The van der Waals surface area contributed by atoms with E-state index in [4.69, 9.17) is 53.8 Å². The molecule has 3 aromatic carbocycles. The quantitative estimate of drug-likeness (QED) is 0.231. The number of cyclic esters (lactones) is 1. The summed E-state index contributed by atoms with van der Waals surface area (Å²) in [5, 5.41) is 1.53. The molecule has 0 fully saturated rings. The molecule has 1 aliphatic heterocycles. The van der Waals surface area contributed by atoms with E-state index in [0.717, 1.165) is 5.56 Å². The number of carbonyl (C=O) groups is 1. The molecular weight excluding hydrogens is 513 g/mol. The molecule has 3 aromatic rings. The maximum atomic E-state index is 12.5. The lowest BCUT2D eigenvalue weighted by molar-refractivity contribution is -0.129. The normalized spacial score (nSPS) is 14.0. The molecule has 0 amide bonds. The third-order valence-electron chi connectivity index (χ3n) is 4.98. The molecule has 4 rings (SSSR count). The van der Waals surface area contributed by atoms with Crippen molar-refractivity contribution < 1.29 is 23.7 Å². The molecule has 0 saturated heterocycles. The van der Waals surface area contributed by atoms with Crippen molar-refractivity contribution in [1.29, 1.82) is 0 Å². The second-order valence-electron chi connectivity index (χ2n) is 7.34. The molecule has 6 nitrogen and oxygen atoms in total. The molecule has 0 unspecified atom stereocenters. The van der Waals surface area contributed by atoms with Gasteiger partial charge < -0.3 is 18.9 Å². The topological polar surface area (TPSA) is 66.3 Å². The minimum absolute atomic E-state index is 0.116. The Kier molecular flexibility index (Phi) is 7.86. The number of methoxy groups -OCH3 is 1. The summed E-state index contributed by atoms with van der Waals surface area (Å²) >= 11 is 18.3. The first-order valence-electron chi connectivity index (χ1n) is 10.6. The number of esters is 1. The molecule has 0 saturated carbocycles. The molecule has 1 aliphatic rings. The van der Waals surface area contributed by atoms with E-state index < -0.39 is 5.97 Å². The van der Waals surface area contributed by atoms with Crippen LogP contribution in [0.25, 0.3) is 6.08 Å². The van der Waals surface area contributed by atoms with E-state index in [1.165, 1.54) is 7.11 Å².